The van der Waals surface area contributed by atoms with Gasteiger partial charge in [-0.25, -0.2) is 0 Å². The number of carbonyl (C=O) groups is 1. The lowest BCUT2D eigenvalue weighted by atomic mass is 9.95. The second kappa shape index (κ2) is 8.21. The van der Waals surface area contributed by atoms with Crippen molar-refractivity contribution in [3.05, 3.63) is 35.4 Å². The van der Waals surface area contributed by atoms with Crippen LogP contribution < -0.4 is 0 Å². The lowest BCUT2D eigenvalue weighted by Gasteiger charge is -2.10. The van der Waals surface area contributed by atoms with Gasteiger partial charge in [-0.1, -0.05) is 63.8 Å². The molecule has 1 saturated heterocycles. The number of carbonyl (C=O) groups excluding carboxylic acids is 1. The average Bonchev–Trinajstić information content (AvgIpc) is 2.87. The van der Waals surface area contributed by atoms with Crippen molar-refractivity contribution in [2.75, 3.05) is 0 Å². The van der Waals surface area contributed by atoms with Crippen LogP contribution in [0.15, 0.2) is 24.3 Å². The van der Waals surface area contributed by atoms with Gasteiger partial charge in [-0.3, -0.25) is 4.79 Å². The highest BCUT2D eigenvalue weighted by Gasteiger charge is 2.34. The molecular formula is C19H28O2. The SMILES string of the molecule is CCCCCc1ccc(C2CC(CCCC)C(=O)O2)cc1. The third-order valence-electron chi connectivity index (χ3n) is 4.42. The second-order valence-electron chi connectivity index (χ2n) is 6.20. The topological polar surface area (TPSA) is 26.3 Å². The van der Waals surface area contributed by atoms with E-state index in [-0.39, 0.29) is 18.0 Å². The summed E-state index contributed by atoms with van der Waals surface area (Å²) >= 11 is 0. The lowest BCUT2D eigenvalue weighted by molar-refractivity contribution is -0.144. The molecule has 0 aliphatic carbocycles. The lowest BCUT2D eigenvalue weighted by Crippen LogP contribution is -2.06. The molecule has 1 aromatic rings. The predicted molar refractivity (Wildman–Crippen MR) is 86.1 cm³/mol. The van der Waals surface area contributed by atoms with Gasteiger partial charge in [0.2, 0.25) is 0 Å². The Kier molecular flexibility index (Phi) is 6.28. The van der Waals surface area contributed by atoms with Crippen LogP contribution in [0.2, 0.25) is 0 Å². The van der Waals surface area contributed by atoms with Gasteiger partial charge >= 0.3 is 5.97 Å². The number of aryl methyl sites for hydroxylation is 1. The van der Waals surface area contributed by atoms with E-state index < -0.39 is 0 Å². The Morgan fingerprint density at radius 1 is 1.05 bits per heavy atom. The third kappa shape index (κ3) is 4.59. The van der Waals surface area contributed by atoms with Crippen LogP contribution in [0.25, 0.3) is 0 Å². The van der Waals surface area contributed by atoms with E-state index in [1.165, 1.54) is 24.8 Å². The molecule has 2 heteroatoms. The van der Waals surface area contributed by atoms with E-state index in [0.29, 0.717) is 0 Å². The van der Waals surface area contributed by atoms with Crippen LogP contribution in [0.3, 0.4) is 0 Å². The normalized spacial score (nSPS) is 21.5. The summed E-state index contributed by atoms with van der Waals surface area (Å²) in [6.45, 7) is 4.39. The van der Waals surface area contributed by atoms with Crippen molar-refractivity contribution in [1.29, 1.82) is 0 Å². The standard InChI is InChI=1S/C19H28O2/c1-3-5-7-8-15-10-12-16(13-11-15)18-14-17(9-6-4-2)19(20)21-18/h10-13,17-18H,3-9,14H2,1-2H3. The Morgan fingerprint density at radius 3 is 2.43 bits per heavy atom. The molecule has 2 nitrogen and oxygen atoms in total. The number of hydrogen-bond donors (Lipinski definition) is 0. The number of rotatable bonds is 8. The fraction of sp³-hybridized carbons (Fsp3) is 0.632. The van der Waals surface area contributed by atoms with E-state index in [2.05, 4.69) is 38.1 Å². The monoisotopic (exact) mass is 288 g/mol. The van der Waals surface area contributed by atoms with Crippen LogP contribution in [-0.4, -0.2) is 5.97 Å². The molecule has 1 aromatic carbocycles. The van der Waals surface area contributed by atoms with Gasteiger partial charge in [0.05, 0.1) is 5.92 Å². The molecule has 2 rings (SSSR count). The summed E-state index contributed by atoms with van der Waals surface area (Å²) in [7, 11) is 0. The first-order valence-corrected chi connectivity index (χ1v) is 8.54. The first-order chi connectivity index (χ1) is 10.2. The molecule has 0 amide bonds. The van der Waals surface area contributed by atoms with Crippen molar-refractivity contribution in [3.63, 3.8) is 0 Å². The Bertz CT molecular complexity index is 435. The minimum Gasteiger partial charge on any atom is -0.457 e. The largest absolute Gasteiger partial charge is 0.457 e. The van der Waals surface area contributed by atoms with Gasteiger partial charge in [-0.15, -0.1) is 0 Å². The van der Waals surface area contributed by atoms with Crippen molar-refractivity contribution in [3.8, 4) is 0 Å². The van der Waals surface area contributed by atoms with Gasteiger partial charge in [0.25, 0.3) is 0 Å². The van der Waals surface area contributed by atoms with E-state index in [0.717, 1.165) is 37.7 Å². The summed E-state index contributed by atoms with van der Waals surface area (Å²) in [5.41, 5.74) is 2.54. The molecule has 21 heavy (non-hydrogen) atoms. The second-order valence-corrected chi connectivity index (χ2v) is 6.20. The van der Waals surface area contributed by atoms with Crippen LogP contribution in [0, 0.1) is 5.92 Å². The zero-order chi connectivity index (χ0) is 15.1. The van der Waals surface area contributed by atoms with Crippen LogP contribution in [0.4, 0.5) is 0 Å². The molecule has 1 aliphatic heterocycles. The van der Waals surface area contributed by atoms with E-state index in [1.54, 1.807) is 0 Å². The van der Waals surface area contributed by atoms with Crippen molar-refractivity contribution in [2.45, 2.75) is 71.3 Å². The van der Waals surface area contributed by atoms with Crippen LogP contribution in [0.1, 0.15) is 76.0 Å². The van der Waals surface area contributed by atoms with Gasteiger partial charge in [-0.2, -0.15) is 0 Å². The van der Waals surface area contributed by atoms with Crippen molar-refractivity contribution in [1.82, 2.24) is 0 Å². The van der Waals surface area contributed by atoms with E-state index >= 15 is 0 Å². The van der Waals surface area contributed by atoms with Gasteiger partial charge < -0.3 is 4.74 Å². The summed E-state index contributed by atoms with van der Waals surface area (Å²) in [6.07, 6.45) is 9.02. The molecule has 0 aromatic heterocycles. The van der Waals surface area contributed by atoms with Crippen LogP contribution >= 0.6 is 0 Å². The molecule has 1 heterocycles. The molecule has 0 spiro atoms. The van der Waals surface area contributed by atoms with E-state index in [1.807, 2.05) is 0 Å². The van der Waals surface area contributed by atoms with Gasteiger partial charge in [0, 0.05) is 6.42 Å². The molecule has 0 saturated carbocycles. The summed E-state index contributed by atoms with van der Waals surface area (Å²) in [5, 5.41) is 0. The maximum Gasteiger partial charge on any atom is 0.309 e. The smallest absolute Gasteiger partial charge is 0.309 e. The Labute approximate surface area is 128 Å². The highest BCUT2D eigenvalue weighted by atomic mass is 16.5. The maximum atomic E-state index is 11.9. The fourth-order valence-electron chi connectivity index (χ4n) is 3.01. The zero-order valence-corrected chi connectivity index (χ0v) is 13.4. The van der Waals surface area contributed by atoms with Crippen molar-refractivity contribution < 1.29 is 9.53 Å². The van der Waals surface area contributed by atoms with Gasteiger partial charge in [0.15, 0.2) is 0 Å². The van der Waals surface area contributed by atoms with Crippen molar-refractivity contribution in [2.24, 2.45) is 5.92 Å². The quantitative estimate of drug-likeness (QED) is 0.484. The van der Waals surface area contributed by atoms with Crippen LogP contribution in [-0.2, 0) is 16.0 Å². The summed E-state index contributed by atoms with van der Waals surface area (Å²) in [4.78, 5) is 11.9. The molecule has 1 fully saturated rings. The minimum atomic E-state index is -0.0240. The minimum absolute atomic E-state index is 0.000437. The molecule has 0 radical (unpaired) electrons. The highest BCUT2D eigenvalue weighted by molar-refractivity contribution is 5.74. The van der Waals surface area contributed by atoms with Gasteiger partial charge in [-0.05, 0) is 30.4 Å². The number of benzene rings is 1. The van der Waals surface area contributed by atoms with E-state index in [9.17, 15) is 4.79 Å². The first kappa shape index (κ1) is 16.1. The number of cyclic esters (lactones) is 1. The summed E-state index contributed by atoms with van der Waals surface area (Å²) in [6, 6.07) is 8.67. The fourth-order valence-corrected chi connectivity index (χ4v) is 3.01. The average molecular weight is 288 g/mol. The third-order valence-corrected chi connectivity index (χ3v) is 4.42. The summed E-state index contributed by atoms with van der Waals surface area (Å²) in [5.74, 6) is 0.111. The van der Waals surface area contributed by atoms with Crippen molar-refractivity contribution >= 4 is 5.97 Å². The number of unbranched alkanes of at least 4 members (excludes halogenated alkanes) is 3. The molecule has 0 bridgehead atoms. The molecule has 2 unspecified atom stereocenters. The Hall–Kier alpha value is -1.31. The van der Waals surface area contributed by atoms with Crippen LogP contribution in [0.5, 0.6) is 0 Å². The maximum absolute atomic E-state index is 11.9. The molecule has 1 aliphatic rings. The molecule has 0 N–H and O–H groups in total. The Morgan fingerprint density at radius 2 is 1.76 bits per heavy atom. The van der Waals surface area contributed by atoms with E-state index in [4.69, 9.17) is 4.74 Å². The predicted octanol–water partition coefficient (Wildman–Crippen LogP) is 5.21. The zero-order valence-electron chi connectivity index (χ0n) is 13.4. The first-order valence-electron chi connectivity index (χ1n) is 8.54. The Balaban J connectivity index is 1.89. The molecule has 2 atom stereocenters. The number of ether oxygens (including phenoxy) is 1. The molecule has 116 valence electrons. The van der Waals surface area contributed by atoms with Gasteiger partial charge in [0.1, 0.15) is 6.10 Å². The highest BCUT2D eigenvalue weighted by Crippen LogP contribution is 2.35. The summed E-state index contributed by atoms with van der Waals surface area (Å²) < 4.78 is 5.56. The number of hydrogen-bond acceptors (Lipinski definition) is 2. The number of esters is 1. The molecular weight excluding hydrogens is 260 g/mol.